The first kappa shape index (κ1) is 16.5. The third-order valence-corrected chi connectivity index (χ3v) is 2.72. The summed E-state index contributed by atoms with van der Waals surface area (Å²) in [7, 11) is 0. The van der Waals surface area contributed by atoms with Gasteiger partial charge in [0.05, 0.1) is 4.92 Å². The minimum atomic E-state index is -1.64. The highest BCUT2D eigenvalue weighted by molar-refractivity contribution is 5.36. The quantitative estimate of drug-likeness (QED) is 0.267. The Morgan fingerprint density at radius 2 is 1.43 bits per heavy atom. The van der Waals surface area contributed by atoms with E-state index in [4.69, 9.17) is 4.74 Å². The fourth-order valence-electron chi connectivity index (χ4n) is 1.65. The van der Waals surface area contributed by atoms with Gasteiger partial charge in [0.2, 0.25) is 11.6 Å². The van der Waals surface area contributed by atoms with E-state index in [1.165, 1.54) is 24.3 Å². The molecule has 5 nitrogen and oxygen atoms in total. The molecule has 9 heteroatoms. The second-order valence-corrected chi connectivity index (χ2v) is 4.25. The number of hydrogen-bond donors (Lipinski definition) is 0. The predicted octanol–water partition coefficient (Wildman–Crippen LogP) is 3.61. The van der Waals surface area contributed by atoms with Gasteiger partial charge in [-0.3, -0.25) is 10.1 Å². The van der Waals surface area contributed by atoms with Gasteiger partial charge in [0.1, 0.15) is 19.0 Å². The number of halogens is 4. The lowest BCUT2D eigenvalue weighted by molar-refractivity contribution is -0.384. The van der Waals surface area contributed by atoms with Crippen LogP contribution >= 0.6 is 0 Å². The summed E-state index contributed by atoms with van der Waals surface area (Å²) in [4.78, 5) is 9.87. The fraction of sp³-hybridized carbons (Fsp3) is 0.143. The minimum Gasteiger partial charge on any atom is -0.490 e. The van der Waals surface area contributed by atoms with Crippen LogP contribution in [0.4, 0.5) is 23.2 Å². The summed E-state index contributed by atoms with van der Waals surface area (Å²) >= 11 is 0. The molecule has 0 saturated heterocycles. The first-order chi connectivity index (χ1) is 10.9. The van der Waals surface area contributed by atoms with Gasteiger partial charge >= 0.3 is 0 Å². The van der Waals surface area contributed by atoms with Crippen molar-refractivity contribution in [2.24, 2.45) is 0 Å². The lowest BCUT2D eigenvalue weighted by Crippen LogP contribution is -2.12. The molecule has 0 aromatic heterocycles. The molecule has 0 fully saturated rings. The SMILES string of the molecule is O=[N+]([O-])c1ccc(OCCOc2c(F)c(F)cc(F)c2F)cc1. The molecule has 2 aromatic rings. The summed E-state index contributed by atoms with van der Waals surface area (Å²) in [6.07, 6.45) is 0. The van der Waals surface area contributed by atoms with E-state index >= 15 is 0 Å². The second kappa shape index (κ2) is 6.95. The molecule has 2 aromatic carbocycles. The Labute approximate surface area is 127 Å². The molecule has 0 aliphatic rings. The van der Waals surface area contributed by atoms with E-state index in [9.17, 15) is 27.7 Å². The van der Waals surface area contributed by atoms with Crippen molar-refractivity contribution in [2.45, 2.75) is 0 Å². The maximum Gasteiger partial charge on any atom is 0.269 e. The van der Waals surface area contributed by atoms with Crippen LogP contribution in [0.5, 0.6) is 11.5 Å². The summed E-state index contributed by atoms with van der Waals surface area (Å²) in [5.74, 6) is -7.34. The number of hydrogen-bond acceptors (Lipinski definition) is 4. The zero-order chi connectivity index (χ0) is 17.0. The average molecular weight is 331 g/mol. The summed E-state index contributed by atoms with van der Waals surface area (Å²) in [6.45, 7) is -0.595. The van der Waals surface area contributed by atoms with Crippen molar-refractivity contribution < 1.29 is 32.0 Å². The molecule has 0 unspecified atom stereocenters. The summed E-state index contributed by atoms with van der Waals surface area (Å²) in [5, 5.41) is 10.5. The number of nitro groups is 1. The van der Waals surface area contributed by atoms with Crippen LogP contribution in [0.25, 0.3) is 0 Å². The van der Waals surface area contributed by atoms with Gasteiger partial charge in [0.15, 0.2) is 17.4 Å². The zero-order valence-electron chi connectivity index (χ0n) is 11.4. The molecule has 0 amide bonds. The van der Waals surface area contributed by atoms with E-state index in [2.05, 4.69) is 4.74 Å². The number of benzene rings is 2. The van der Waals surface area contributed by atoms with Crippen molar-refractivity contribution in [1.82, 2.24) is 0 Å². The topological polar surface area (TPSA) is 61.6 Å². The second-order valence-electron chi connectivity index (χ2n) is 4.25. The third kappa shape index (κ3) is 3.87. The Morgan fingerprint density at radius 1 is 0.913 bits per heavy atom. The van der Waals surface area contributed by atoms with Crippen LogP contribution in [0.1, 0.15) is 0 Å². The highest BCUT2D eigenvalue weighted by atomic mass is 19.2. The number of nitro benzene ring substituents is 1. The highest BCUT2D eigenvalue weighted by Crippen LogP contribution is 2.26. The Bertz CT molecular complexity index is 695. The molecule has 0 aliphatic carbocycles. The molecule has 0 radical (unpaired) electrons. The number of non-ortho nitro benzene ring substituents is 1. The lowest BCUT2D eigenvalue weighted by atomic mass is 10.3. The molecule has 23 heavy (non-hydrogen) atoms. The largest absolute Gasteiger partial charge is 0.490 e. The van der Waals surface area contributed by atoms with Gasteiger partial charge in [-0.1, -0.05) is 0 Å². The van der Waals surface area contributed by atoms with Crippen LogP contribution < -0.4 is 9.47 Å². The molecule has 2 rings (SSSR count). The average Bonchev–Trinajstić information content (AvgIpc) is 2.52. The van der Waals surface area contributed by atoms with E-state index in [0.29, 0.717) is 0 Å². The van der Waals surface area contributed by atoms with Gasteiger partial charge < -0.3 is 9.47 Å². The number of ether oxygens (including phenoxy) is 2. The minimum absolute atomic E-state index is 0.0743. The van der Waals surface area contributed by atoms with Crippen LogP contribution in [-0.2, 0) is 0 Å². The van der Waals surface area contributed by atoms with Crippen LogP contribution in [0, 0.1) is 33.4 Å². The van der Waals surface area contributed by atoms with Gasteiger partial charge in [-0.05, 0) is 12.1 Å². The standard InChI is InChI=1S/C14H9F4NO4/c15-10-7-11(16)13(18)14(12(10)17)23-6-5-22-9-3-1-8(2-4-9)19(20)21/h1-4,7H,5-6H2. The molecule has 0 aliphatic heterocycles. The molecule has 0 saturated carbocycles. The van der Waals surface area contributed by atoms with E-state index in [1.807, 2.05) is 0 Å². The lowest BCUT2D eigenvalue weighted by Gasteiger charge is -2.10. The summed E-state index contributed by atoms with van der Waals surface area (Å²) in [6, 6.07) is 5.13. The number of rotatable bonds is 6. The Hall–Kier alpha value is -2.84. The van der Waals surface area contributed by atoms with Gasteiger partial charge in [-0.2, -0.15) is 8.78 Å². The van der Waals surface area contributed by atoms with Crippen molar-refractivity contribution in [3.63, 3.8) is 0 Å². The van der Waals surface area contributed by atoms with Gasteiger partial charge in [-0.15, -0.1) is 0 Å². The highest BCUT2D eigenvalue weighted by Gasteiger charge is 2.20. The first-order valence-electron chi connectivity index (χ1n) is 6.23. The van der Waals surface area contributed by atoms with Gasteiger partial charge in [0, 0.05) is 18.2 Å². The van der Waals surface area contributed by atoms with Crippen molar-refractivity contribution in [2.75, 3.05) is 13.2 Å². The van der Waals surface area contributed by atoms with E-state index in [0.717, 1.165) is 0 Å². The molecule has 0 spiro atoms. The summed E-state index contributed by atoms with van der Waals surface area (Å²) in [5.41, 5.74) is -0.132. The monoisotopic (exact) mass is 331 g/mol. The van der Waals surface area contributed by atoms with Crippen LogP contribution in [0.3, 0.4) is 0 Å². The molecule has 0 bridgehead atoms. The van der Waals surface area contributed by atoms with Crippen LogP contribution in [-0.4, -0.2) is 18.1 Å². The first-order valence-corrected chi connectivity index (χ1v) is 6.23. The zero-order valence-corrected chi connectivity index (χ0v) is 11.4. The molecule has 0 heterocycles. The van der Waals surface area contributed by atoms with E-state index < -0.39 is 40.5 Å². The molecule has 0 N–H and O–H groups in total. The van der Waals surface area contributed by atoms with Crippen molar-refractivity contribution in [1.29, 1.82) is 0 Å². The van der Waals surface area contributed by atoms with Crippen molar-refractivity contribution in [3.8, 4) is 11.5 Å². The maximum absolute atomic E-state index is 13.3. The smallest absolute Gasteiger partial charge is 0.269 e. The summed E-state index contributed by atoms with van der Waals surface area (Å²) < 4.78 is 62.3. The Kier molecular flexibility index (Phi) is 4.99. The van der Waals surface area contributed by atoms with Crippen molar-refractivity contribution in [3.05, 3.63) is 63.7 Å². The molecular formula is C14H9F4NO4. The van der Waals surface area contributed by atoms with Gasteiger partial charge in [0.25, 0.3) is 5.69 Å². The van der Waals surface area contributed by atoms with Crippen LogP contribution in [0.2, 0.25) is 0 Å². The van der Waals surface area contributed by atoms with E-state index in [1.54, 1.807) is 0 Å². The van der Waals surface area contributed by atoms with Gasteiger partial charge in [-0.25, -0.2) is 8.78 Å². The third-order valence-electron chi connectivity index (χ3n) is 2.72. The maximum atomic E-state index is 13.3. The van der Waals surface area contributed by atoms with Crippen molar-refractivity contribution >= 4 is 5.69 Å². The molecular weight excluding hydrogens is 322 g/mol. The van der Waals surface area contributed by atoms with Crippen LogP contribution in [0.15, 0.2) is 30.3 Å². The predicted molar refractivity (Wildman–Crippen MR) is 70.4 cm³/mol. The Morgan fingerprint density at radius 3 is 1.96 bits per heavy atom. The normalized spacial score (nSPS) is 10.4. The molecule has 122 valence electrons. The fourth-order valence-corrected chi connectivity index (χ4v) is 1.65. The Balaban J connectivity index is 1.92. The number of nitrogens with zero attached hydrogens (tertiary/aromatic N) is 1. The van der Waals surface area contributed by atoms with E-state index in [-0.39, 0.29) is 24.1 Å². The molecule has 0 atom stereocenters.